The van der Waals surface area contributed by atoms with Crippen LogP contribution in [0.5, 0.6) is 0 Å². The maximum Gasteiger partial charge on any atom is 0.323 e. The standard InChI is InChI=1S/C21H16F2N4O2/c1-11-2-8-15(22)17(10-11)26-21(28)25-13-5-3-12(4-6-13)14-7-9-16(23)19-18(14)20(24)29-27-19/h2-10H,24H2,1H3,(H2,25,26,28). The number of carbonyl (C=O) groups excluding carboxylic acids is 1. The van der Waals surface area contributed by atoms with Gasteiger partial charge in [0.05, 0.1) is 11.1 Å². The molecule has 3 aromatic carbocycles. The molecule has 0 aliphatic heterocycles. The van der Waals surface area contributed by atoms with E-state index >= 15 is 0 Å². The third-order valence-corrected chi connectivity index (χ3v) is 4.43. The third-order valence-electron chi connectivity index (χ3n) is 4.43. The van der Waals surface area contributed by atoms with Crippen molar-refractivity contribution in [3.63, 3.8) is 0 Å². The number of hydrogen-bond acceptors (Lipinski definition) is 4. The number of nitrogens with one attached hydrogen (secondary N) is 2. The van der Waals surface area contributed by atoms with Crippen LogP contribution in [0, 0.1) is 18.6 Å². The number of aromatic nitrogens is 1. The van der Waals surface area contributed by atoms with Gasteiger partial charge in [0, 0.05) is 5.69 Å². The number of nitrogens with two attached hydrogens (primary N) is 1. The van der Waals surface area contributed by atoms with Gasteiger partial charge in [-0.15, -0.1) is 0 Å². The molecule has 0 spiro atoms. The molecule has 0 atom stereocenters. The normalized spacial score (nSPS) is 10.9. The second kappa shape index (κ2) is 7.23. The van der Waals surface area contributed by atoms with Gasteiger partial charge in [0.2, 0.25) is 5.88 Å². The van der Waals surface area contributed by atoms with Gasteiger partial charge in [0.25, 0.3) is 0 Å². The minimum Gasteiger partial charge on any atom is -0.367 e. The molecule has 0 saturated heterocycles. The summed E-state index contributed by atoms with van der Waals surface area (Å²) in [5.74, 6) is -1.02. The summed E-state index contributed by atoms with van der Waals surface area (Å²) < 4.78 is 32.6. The molecule has 0 radical (unpaired) electrons. The maximum absolute atomic E-state index is 13.9. The molecule has 29 heavy (non-hydrogen) atoms. The summed E-state index contributed by atoms with van der Waals surface area (Å²) in [5, 5.41) is 9.14. The van der Waals surface area contributed by atoms with Crippen LogP contribution in [0.25, 0.3) is 22.0 Å². The van der Waals surface area contributed by atoms with E-state index in [1.165, 1.54) is 12.1 Å². The highest BCUT2D eigenvalue weighted by Gasteiger charge is 2.16. The van der Waals surface area contributed by atoms with Crippen molar-refractivity contribution < 1.29 is 18.1 Å². The zero-order chi connectivity index (χ0) is 20.5. The minimum atomic E-state index is -0.574. The molecule has 0 fully saturated rings. The molecule has 0 bridgehead atoms. The molecule has 0 unspecified atom stereocenters. The highest BCUT2D eigenvalue weighted by atomic mass is 19.1. The summed E-state index contributed by atoms with van der Waals surface area (Å²) in [4.78, 5) is 12.2. The number of rotatable bonds is 3. The number of aryl methyl sites for hydroxylation is 1. The maximum atomic E-state index is 13.9. The van der Waals surface area contributed by atoms with Crippen molar-refractivity contribution in [3.8, 4) is 11.1 Å². The number of anilines is 3. The van der Waals surface area contributed by atoms with Crippen molar-refractivity contribution in [1.82, 2.24) is 5.16 Å². The van der Waals surface area contributed by atoms with Crippen LogP contribution in [-0.2, 0) is 0 Å². The summed E-state index contributed by atoms with van der Waals surface area (Å²) in [6.07, 6.45) is 0. The number of nitrogen functional groups attached to an aromatic ring is 1. The Bertz CT molecular complexity index is 1220. The Morgan fingerprint density at radius 1 is 1.00 bits per heavy atom. The Labute approximate surface area is 164 Å². The lowest BCUT2D eigenvalue weighted by molar-refractivity contribution is 0.262. The first-order chi connectivity index (χ1) is 13.9. The second-order valence-corrected chi connectivity index (χ2v) is 6.51. The fourth-order valence-corrected chi connectivity index (χ4v) is 3.04. The number of fused-ring (bicyclic) bond motifs is 1. The van der Waals surface area contributed by atoms with Crippen LogP contribution in [-0.4, -0.2) is 11.2 Å². The van der Waals surface area contributed by atoms with Crippen LogP contribution in [0.15, 0.2) is 59.1 Å². The van der Waals surface area contributed by atoms with E-state index in [1.54, 1.807) is 49.4 Å². The van der Waals surface area contributed by atoms with Gasteiger partial charge in [-0.25, -0.2) is 13.6 Å². The van der Waals surface area contributed by atoms with E-state index in [-0.39, 0.29) is 17.1 Å². The Balaban J connectivity index is 1.54. The van der Waals surface area contributed by atoms with E-state index in [0.29, 0.717) is 16.6 Å². The molecule has 4 aromatic rings. The van der Waals surface area contributed by atoms with Gasteiger partial charge in [-0.05, 0) is 53.9 Å². The van der Waals surface area contributed by atoms with Crippen LogP contribution in [0.3, 0.4) is 0 Å². The molecule has 1 aromatic heterocycles. The summed E-state index contributed by atoms with van der Waals surface area (Å²) in [6.45, 7) is 1.80. The molecule has 146 valence electrons. The Morgan fingerprint density at radius 3 is 2.48 bits per heavy atom. The zero-order valence-corrected chi connectivity index (χ0v) is 15.3. The molecule has 2 amide bonds. The SMILES string of the molecule is Cc1ccc(F)c(NC(=O)Nc2ccc(-c3ccc(F)c4noc(N)c34)cc2)c1. The fourth-order valence-electron chi connectivity index (χ4n) is 3.04. The van der Waals surface area contributed by atoms with Gasteiger partial charge in [-0.3, -0.25) is 0 Å². The molecule has 4 N–H and O–H groups in total. The van der Waals surface area contributed by atoms with Gasteiger partial charge >= 0.3 is 6.03 Å². The highest BCUT2D eigenvalue weighted by molar-refractivity contribution is 6.02. The molecule has 8 heteroatoms. The van der Waals surface area contributed by atoms with E-state index in [0.717, 1.165) is 11.1 Å². The molecule has 0 aliphatic rings. The van der Waals surface area contributed by atoms with Gasteiger partial charge in [-0.2, -0.15) is 0 Å². The Kier molecular flexibility index (Phi) is 4.59. The van der Waals surface area contributed by atoms with Crippen LogP contribution >= 0.6 is 0 Å². The molecular formula is C21H16F2N4O2. The summed E-state index contributed by atoms with van der Waals surface area (Å²) >= 11 is 0. The molecule has 4 rings (SSSR count). The predicted molar refractivity (Wildman–Crippen MR) is 108 cm³/mol. The number of halogens is 2. The van der Waals surface area contributed by atoms with Crippen LogP contribution in [0.1, 0.15) is 5.56 Å². The number of carbonyl (C=O) groups is 1. The third kappa shape index (κ3) is 3.60. The first kappa shape index (κ1) is 18.4. The van der Waals surface area contributed by atoms with Crippen molar-refractivity contribution in [2.75, 3.05) is 16.4 Å². The quantitative estimate of drug-likeness (QED) is 0.439. The minimum absolute atomic E-state index is 0.0243. The topological polar surface area (TPSA) is 93.2 Å². The number of hydrogen-bond donors (Lipinski definition) is 3. The largest absolute Gasteiger partial charge is 0.367 e. The van der Waals surface area contributed by atoms with E-state index in [4.69, 9.17) is 10.3 Å². The van der Waals surface area contributed by atoms with E-state index in [9.17, 15) is 13.6 Å². The van der Waals surface area contributed by atoms with E-state index < -0.39 is 17.7 Å². The van der Waals surface area contributed by atoms with Gasteiger partial charge in [0.15, 0.2) is 11.3 Å². The summed E-state index contributed by atoms with van der Waals surface area (Å²) in [5.41, 5.74) is 8.64. The van der Waals surface area contributed by atoms with Crippen molar-refractivity contribution in [2.45, 2.75) is 6.92 Å². The van der Waals surface area contributed by atoms with Crippen molar-refractivity contribution in [3.05, 3.63) is 71.8 Å². The van der Waals surface area contributed by atoms with Crippen molar-refractivity contribution in [2.24, 2.45) is 0 Å². The smallest absolute Gasteiger partial charge is 0.323 e. The van der Waals surface area contributed by atoms with E-state index in [1.807, 2.05) is 0 Å². The molecular weight excluding hydrogens is 378 g/mol. The average molecular weight is 394 g/mol. The van der Waals surface area contributed by atoms with Gasteiger partial charge < -0.3 is 20.9 Å². The molecule has 1 heterocycles. The molecule has 0 saturated carbocycles. The summed E-state index contributed by atoms with van der Waals surface area (Å²) in [6, 6.07) is 13.6. The number of amides is 2. The number of nitrogens with zero attached hydrogens (tertiary/aromatic N) is 1. The van der Waals surface area contributed by atoms with Crippen LogP contribution in [0.4, 0.5) is 30.8 Å². The first-order valence-corrected chi connectivity index (χ1v) is 8.70. The lowest BCUT2D eigenvalue weighted by Gasteiger charge is -2.10. The second-order valence-electron chi connectivity index (χ2n) is 6.51. The van der Waals surface area contributed by atoms with Crippen molar-refractivity contribution >= 4 is 34.2 Å². The molecule has 6 nitrogen and oxygen atoms in total. The molecule has 0 aliphatic carbocycles. The van der Waals surface area contributed by atoms with Gasteiger partial charge in [-0.1, -0.05) is 29.4 Å². The lowest BCUT2D eigenvalue weighted by Crippen LogP contribution is -2.20. The average Bonchev–Trinajstić information content (AvgIpc) is 3.09. The number of benzene rings is 3. The predicted octanol–water partition coefficient (Wildman–Crippen LogP) is 5.31. The lowest BCUT2D eigenvalue weighted by atomic mass is 10.0. The number of urea groups is 1. The van der Waals surface area contributed by atoms with E-state index in [2.05, 4.69) is 15.8 Å². The first-order valence-electron chi connectivity index (χ1n) is 8.70. The van der Waals surface area contributed by atoms with Crippen LogP contribution < -0.4 is 16.4 Å². The monoisotopic (exact) mass is 394 g/mol. The highest BCUT2D eigenvalue weighted by Crippen LogP contribution is 2.34. The van der Waals surface area contributed by atoms with Crippen LogP contribution in [0.2, 0.25) is 0 Å². The Morgan fingerprint density at radius 2 is 1.72 bits per heavy atom. The zero-order valence-electron chi connectivity index (χ0n) is 15.3. The fraction of sp³-hybridized carbons (Fsp3) is 0.0476. The summed E-state index contributed by atoms with van der Waals surface area (Å²) in [7, 11) is 0. The Hall–Kier alpha value is -3.94. The van der Waals surface area contributed by atoms with Crippen molar-refractivity contribution in [1.29, 1.82) is 0 Å². The van der Waals surface area contributed by atoms with Gasteiger partial charge in [0.1, 0.15) is 5.82 Å².